The number of hydrogen-bond donors (Lipinski definition) is 0. The van der Waals surface area contributed by atoms with E-state index in [4.69, 9.17) is 4.84 Å². The monoisotopic (exact) mass is 322 g/mol. The number of nitrogens with zero attached hydrogens (tertiary/aromatic N) is 2. The third-order valence-corrected chi connectivity index (χ3v) is 3.75. The lowest BCUT2D eigenvalue weighted by Crippen LogP contribution is -2.43. The Morgan fingerprint density at radius 3 is 2.52 bits per heavy atom. The maximum atomic E-state index is 13.5. The Balaban J connectivity index is 1.75. The third-order valence-electron chi connectivity index (χ3n) is 3.75. The molecule has 0 saturated heterocycles. The minimum absolute atomic E-state index is 0.100. The zero-order valence-corrected chi connectivity index (χ0v) is 12.5. The second-order valence-corrected chi connectivity index (χ2v) is 5.39. The molecule has 2 aromatic carbocycles. The van der Waals surface area contributed by atoms with E-state index in [1.54, 1.807) is 9.96 Å². The number of rotatable bonds is 5. The molecule has 0 fully saturated rings. The van der Waals surface area contributed by atoms with Gasteiger partial charge in [-0.25, -0.2) is 13.2 Å². The summed E-state index contributed by atoms with van der Waals surface area (Å²) < 4.78 is 39.7. The summed E-state index contributed by atoms with van der Waals surface area (Å²) in [7, 11) is 0. The van der Waals surface area contributed by atoms with E-state index in [1.165, 1.54) is 0 Å². The van der Waals surface area contributed by atoms with Gasteiger partial charge in [0.05, 0.1) is 19.8 Å². The molecule has 2 aromatic rings. The molecule has 0 unspecified atom stereocenters. The number of alkyl halides is 1. The number of hydrogen-bond acceptors (Lipinski definition) is 3. The molecule has 1 aliphatic rings. The highest BCUT2D eigenvalue weighted by Gasteiger charge is 2.25. The lowest BCUT2D eigenvalue weighted by atomic mass is 10.1. The molecule has 0 N–H and O–H groups in total. The van der Waals surface area contributed by atoms with Gasteiger partial charge in [-0.1, -0.05) is 30.3 Å². The van der Waals surface area contributed by atoms with E-state index in [0.717, 1.165) is 17.7 Å². The maximum Gasteiger partial charge on any atom is 0.160 e. The molecule has 6 heteroatoms. The predicted molar refractivity (Wildman–Crippen MR) is 81.3 cm³/mol. The van der Waals surface area contributed by atoms with Crippen LogP contribution in [0.2, 0.25) is 0 Å². The fourth-order valence-electron chi connectivity index (χ4n) is 2.62. The van der Waals surface area contributed by atoms with Crippen molar-refractivity contribution in [3.05, 3.63) is 65.2 Å². The van der Waals surface area contributed by atoms with Crippen LogP contribution in [0, 0.1) is 11.6 Å². The highest BCUT2D eigenvalue weighted by molar-refractivity contribution is 5.55. The zero-order valence-electron chi connectivity index (χ0n) is 12.5. The standard InChI is InChI=1S/C17H17F3N2O/c18-6-7-21-12-22(23-11-13-4-2-1-3-5-13)10-14-8-15(19)16(20)9-17(14)21/h1-5,8-9H,6-7,10-12H2. The Hall–Kier alpha value is -2.05. The van der Waals surface area contributed by atoms with Crippen molar-refractivity contribution >= 4 is 5.69 Å². The number of halogens is 3. The van der Waals surface area contributed by atoms with Crippen LogP contribution in [0.25, 0.3) is 0 Å². The Bertz CT molecular complexity index is 666. The van der Waals surface area contributed by atoms with Gasteiger partial charge in [-0.2, -0.15) is 5.06 Å². The van der Waals surface area contributed by atoms with Crippen molar-refractivity contribution in [2.45, 2.75) is 13.2 Å². The maximum absolute atomic E-state index is 13.5. The lowest BCUT2D eigenvalue weighted by Gasteiger charge is -2.37. The Morgan fingerprint density at radius 2 is 1.78 bits per heavy atom. The van der Waals surface area contributed by atoms with Gasteiger partial charge in [0, 0.05) is 18.3 Å². The summed E-state index contributed by atoms with van der Waals surface area (Å²) in [6.45, 7) is 0.508. The molecule has 0 aliphatic carbocycles. The van der Waals surface area contributed by atoms with Crippen molar-refractivity contribution in [3.63, 3.8) is 0 Å². The molecule has 0 amide bonds. The molecular formula is C17H17F3N2O. The first-order chi connectivity index (χ1) is 11.2. The van der Waals surface area contributed by atoms with Gasteiger partial charge in [0.2, 0.25) is 0 Å². The number of hydroxylamine groups is 2. The smallest absolute Gasteiger partial charge is 0.160 e. The molecular weight excluding hydrogens is 305 g/mol. The molecule has 1 aliphatic heterocycles. The molecule has 0 bridgehead atoms. The normalized spacial score (nSPS) is 14.8. The van der Waals surface area contributed by atoms with Crippen molar-refractivity contribution in [1.82, 2.24) is 5.06 Å². The molecule has 0 aromatic heterocycles. The summed E-state index contributed by atoms with van der Waals surface area (Å²) in [4.78, 5) is 7.37. The average molecular weight is 322 g/mol. The average Bonchev–Trinajstić information content (AvgIpc) is 2.56. The van der Waals surface area contributed by atoms with Crippen molar-refractivity contribution in [2.75, 3.05) is 24.8 Å². The van der Waals surface area contributed by atoms with E-state index in [-0.39, 0.29) is 6.54 Å². The first-order valence-corrected chi connectivity index (χ1v) is 7.38. The first kappa shape index (κ1) is 15.8. The van der Waals surface area contributed by atoms with Crippen molar-refractivity contribution in [1.29, 1.82) is 0 Å². The van der Waals surface area contributed by atoms with E-state index < -0.39 is 18.3 Å². The summed E-state index contributed by atoms with van der Waals surface area (Å²) in [5.41, 5.74) is 2.10. The molecule has 0 atom stereocenters. The van der Waals surface area contributed by atoms with Crippen LogP contribution in [-0.2, 0) is 18.0 Å². The SMILES string of the molecule is FCCN1CN(OCc2ccccc2)Cc2cc(F)c(F)cc21. The zero-order chi connectivity index (χ0) is 16.2. The van der Waals surface area contributed by atoms with Crippen LogP contribution in [0.4, 0.5) is 18.9 Å². The lowest BCUT2D eigenvalue weighted by molar-refractivity contribution is -0.179. The molecule has 1 heterocycles. The fraction of sp³-hybridized carbons (Fsp3) is 0.294. The van der Waals surface area contributed by atoms with E-state index >= 15 is 0 Å². The highest BCUT2D eigenvalue weighted by Crippen LogP contribution is 2.29. The van der Waals surface area contributed by atoms with Crippen LogP contribution >= 0.6 is 0 Å². The second-order valence-electron chi connectivity index (χ2n) is 5.39. The molecule has 0 spiro atoms. The summed E-state index contributed by atoms with van der Waals surface area (Å²) in [5.74, 6) is -1.83. The summed E-state index contributed by atoms with van der Waals surface area (Å²) in [6.07, 6.45) is 0. The highest BCUT2D eigenvalue weighted by atomic mass is 19.2. The van der Waals surface area contributed by atoms with Gasteiger partial charge in [0.1, 0.15) is 6.67 Å². The van der Waals surface area contributed by atoms with Gasteiger partial charge in [-0.3, -0.25) is 4.84 Å². The van der Waals surface area contributed by atoms with Gasteiger partial charge in [-0.15, -0.1) is 0 Å². The Labute approximate surface area is 132 Å². The van der Waals surface area contributed by atoms with Gasteiger partial charge in [0.15, 0.2) is 11.6 Å². The van der Waals surface area contributed by atoms with Crippen LogP contribution in [0.3, 0.4) is 0 Å². The topological polar surface area (TPSA) is 15.7 Å². The summed E-state index contributed by atoms with van der Waals surface area (Å²) >= 11 is 0. The van der Waals surface area contributed by atoms with Gasteiger partial charge < -0.3 is 4.90 Å². The molecule has 0 saturated carbocycles. The molecule has 3 nitrogen and oxygen atoms in total. The second kappa shape index (κ2) is 7.02. The van der Waals surface area contributed by atoms with Crippen molar-refractivity contribution in [3.8, 4) is 0 Å². The van der Waals surface area contributed by atoms with Crippen LogP contribution in [-0.4, -0.2) is 25.0 Å². The first-order valence-electron chi connectivity index (χ1n) is 7.38. The number of fused-ring (bicyclic) bond motifs is 1. The minimum Gasteiger partial charge on any atom is -0.353 e. The van der Waals surface area contributed by atoms with Gasteiger partial charge in [-0.05, 0) is 17.2 Å². The van der Waals surface area contributed by atoms with Gasteiger partial charge in [0.25, 0.3) is 0 Å². The molecule has 122 valence electrons. The quantitative estimate of drug-likeness (QED) is 0.836. The van der Waals surface area contributed by atoms with Crippen LogP contribution in [0.15, 0.2) is 42.5 Å². The van der Waals surface area contributed by atoms with E-state index in [1.807, 2.05) is 30.3 Å². The molecule has 3 rings (SSSR count). The third kappa shape index (κ3) is 3.65. The van der Waals surface area contributed by atoms with Crippen LogP contribution < -0.4 is 4.90 Å². The Kier molecular flexibility index (Phi) is 4.83. The van der Waals surface area contributed by atoms with Crippen LogP contribution in [0.5, 0.6) is 0 Å². The molecule has 0 radical (unpaired) electrons. The van der Waals surface area contributed by atoms with Crippen molar-refractivity contribution < 1.29 is 18.0 Å². The fourth-order valence-corrected chi connectivity index (χ4v) is 2.62. The number of benzene rings is 2. The van der Waals surface area contributed by atoms with E-state index in [2.05, 4.69) is 0 Å². The molecule has 23 heavy (non-hydrogen) atoms. The van der Waals surface area contributed by atoms with E-state index in [0.29, 0.717) is 31.1 Å². The largest absolute Gasteiger partial charge is 0.353 e. The van der Waals surface area contributed by atoms with Crippen molar-refractivity contribution in [2.24, 2.45) is 0 Å². The van der Waals surface area contributed by atoms with E-state index in [9.17, 15) is 13.2 Å². The minimum atomic E-state index is -0.925. The van der Waals surface area contributed by atoms with Crippen LogP contribution in [0.1, 0.15) is 11.1 Å². The summed E-state index contributed by atoms with van der Waals surface area (Å²) in [6, 6.07) is 11.9. The summed E-state index contributed by atoms with van der Waals surface area (Å²) in [5, 5.41) is 1.63. The predicted octanol–water partition coefficient (Wildman–Crippen LogP) is 3.65. The van der Waals surface area contributed by atoms with Gasteiger partial charge >= 0.3 is 0 Å². The Morgan fingerprint density at radius 1 is 1.04 bits per heavy atom. The number of anilines is 1.